The standard InChI is InChI=1S/C15H12N2OS2/c1-17-12-6-2-3-7-13(12)20-15(17)16-14(18)9-8-11-5-4-10-19-11/h2-10H,1H3. The monoisotopic (exact) mass is 300 g/mol. The summed E-state index contributed by atoms with van der Waals surface area (Å²) >= 11 is 3.11. The summed E-state index contributed by atoms with van der Waals surface area (Å²) in [6.45, 7) is 0. The number of aryl methyl sites for hydroxylation is 1. The number of carbonyl (C=O) groups is 1. The first-order valence-corrected chi connectivity index (χ1v) is 7.78. The fraction of sp³-hybridized carbons (Fsp3) is 0.0667. The van der Waals surface area contributed by atoms with Crippen molar-refractivity contribution in [2.75, 3.05) is 0 Å². The molecule has 0 N–H and O–H groups in total. The third-order valence-corrected chi connectivity index (χ3v) is 4.80. The number of para-hydroxylation sites is 1. The third-order valence-electron chi connectivity index (χ3n) is 2.85. The molecular formula is C15H12N2OS2. The minimum atomic E-state index is -0.236. The highest BCUT2D eigenvalue weighted by Gasteiger charge is 2.02. The highest BCUT2D eigenvalue weighted by molar-refractivity contribution is 7.16. The number of aromatic nitrogens is 1. The van der Waals surface area contributed by atoms with Crippen LogP contribution >= 0.6 is 22.7 Å². The number of fused-ring (bicyclic) bond motifs is 1. The number of nitrogens with zero attached hydrogens (tertiary/aromatic N) is 2. The van der Waals surface area contributed by atoms with Gasteiger partial charge in [0, 0.05) is 18.0 Å². The minimum absolute atomic E-state index is 0.236. The fourth-order valence-corrected chi connectivity index (χ4v) is 3.50. The molecule has 0 spiro atoms. The van der Waals surface area contributed by atoms with Gasteiger partial charge in [-0.1, -0.05) is 29.5 Å². The molecule has 0 bridgehead atoms. The van der Waals surface area contributed by atoms with Crippen LogP contribution in [0.3, 0.4) is 0 Å². The SMILES string of the molecule is Cn1c(=NC(=O)C=Cc2cccs2)sc2ccccc21. The number of benzene rings is 1. The largest absolute Gasteiger partial charge is 0.319 e. The molecule has 20 heavy (non-hydrogen) atoms. The predicted molar refractivity (Wildman–Crippen MR) is 84.7 cm³/mol. The lowest BCUT2D eigenvalue weighted by Crippen LogP contribution is -2.12. The number of amides is 1. The molecule has 1 aromatic carbocycles. The summed E-state index contributed by atoms with van der Waals surface area (Å²) in [6, 6.07) is 12.0. The van der Waals surface area contributed by atoms with E-state index in [0.29, 0.717) is 4.80 Å². The fourth-order valence-electron chi connectivity index (χ4n) is 1.86. The summed E-state index contributed by atoms with van der Waals surface area (Å²) in [5, 5.41) is 1.98. The molecule has 5 heteroatoms. The molecule has 100 valence electrons. The van der Waals surface area contributed by atoms with Crippen molar-refractivity contribution in [1.82, 2.24) is 4.57 Å². The van der Waals surface area contributed by atoms with Gasteiger partial charge in [-0.2, -0.15) is 4.99 Å². The highest BCUT2D eigenvalue weighted by Crippen LogP contribution is 2.15. The van der Waals surface area contributed by atoms with Gasteiger partial charge in [-0.25, -0.2) is 0 Å². The molecular weight excluding hydrogens is 288 g/mol. The zero-order valence-electron chi connectivity index (χ0n) is 10.8. The van der Waals surface area contributed by atoms with Crippen LogP contribution in [0.4, 0.5) is 0 Å². The molecule has 0 saturated heterocycles. The highest BCUT2D eigenvalue weighted by atomic mass is 32.1. The van der Waals surface area contributed by atoms with Gasteiger partial charge < -0.3 is 4.57 Å². The van der Waals surface area contributed by atoms with E-state index in [1.807, 2.05) is 53.4 Å². The van der Waals surface area contributed by atoms with E-state index >= 15 is 0 Å². The van der Waals surface area contributed by atoms with Gasteiger partial charge >= 0.3 is 0 Å². The number of rotatable bonds is 2. The lowest BCUT2D eigenvalue weighted by atomic mass is 10.3. The molecule has 0 atom stereocenters. The van der Waals surface area contributed by atoms with Crippen LogP contribution in [0.2, 0.25) is 0 Å². The maximum Gasteiger partial charge on any atom is 0.272 e. The van der Waals surface area contributed by atoms with Gasteiger partial charge in [-0.15, -0.1) is 11.3 Å². The summed E-state index contributed by atoms with van der Waals surface area (Å²) in [7, 11) is 1.92. The Kier molecular flexibility index (Phi) is 3.62. The number of hydrogen-bond acceptors (Lipinski definition) is 3. The minimum Gasteiger partial charge on any atom is -0.319 e. The van der Waals surface area contributed by atoms with E-state index in [2.05, 4.69) is 4.99 Å². The van der Waals surface area contributed by atoms with E-state index in [-0.39, 0.29) is 5.91 Å². The molecule has 0 aliphatic heterocycles. The summed E-state index contributed by atoms with van der Waals surface area (Å²) in [5.41, 5.74) is 1.09. The second-order valence-corrected chi connectivity index (χ2v) is 6.20. The molecule has 3 nitrogen and oxygen atoms in total. The quantitative estimate of drug-likeness (QED) is 0.668. The van der Waals surface area contributed by atoms with E-state index < -0.39 is 0 Å². The van der Waals surface area contributed by atoms with Gasteiger partial charge in [0.05, 0.1) is 10.2 Å². The van der Waals surface area contributed by atoms with Crippen molar-refractivity contribution in [1.29, 1.82) is 0 Å². The second-order valence-electron chi connectivity index (χ2n) is 4.21. The number of thiophene rings is 1. The summed E-state index contributed by atoms with van der Waals surface area (Å²) in [6.07, 6.45) is 3.31. The Morgan fingerprint density at radius 2 is 2.10 bits per heavy atom. The lowest BCUT2D eigenvalue weighted by Gasteiger charge is -1.92. The summed E-state index contributed by atoms with van der Waals surface area (Å²) in [4.78, 5) is 17.8. The van der Waals surface area contributed by atoms with E-state index in [0.717, 1.165) is 15.1 Å². The normalized spacial score (nSPS) is 12.6. The van der Waals surface area contributed by atoms with Crippen LogP contribution < -0.4 is 4.80 Å². The molecule has 0 saturated carbocycles. The van der Waals surface area contributed by atoms with Crippen molar-refractivity contribution in [3.05, 3.63) is 57.5 Å². The lowest BCUT2D eigenvalue weighted by molar-refractivity contribution is -0.113. The van der Waals surface area contributed by atoms with E-state index in [9.17, 15) is 4.79 Å². The molecule has 3 aromatic rings. The van der Waals surface area contributed by atoms with Crippen LogP contribution in [-0.4, -0.2) is 10.5 Å². The first kappa shape index (κ1) is 13.0. The number of thiazole rings is 1. The van der Waals surface area contributed by atoms with Crippen LogP contribution in [0, 0.1) is 0 Å². The first-order valence-electron chi connectivity index (χ1n) is 6.09. The van der Waals surface area contributed by atoms with Gasteiger partial charge in [0.25, 0.3) is 5.91 Å². The zero-order valence-corrected chi connectivity index (χ0v) is 12.4. The van der Waals surface area contributed by atoms with Gasteiger partial charge in [0.15, 0.2) is 4.80 Å². The summed E-state index contributed by atoms with van der Waals surface area (Å²) < 4.78 is 3.07. The average Bonchev–Trinajstić information content (AvgIpc) is 3.07. The summed E-state index contributed by atoms with van der Waals surface area (Å²) in [5.74, 6) is -0.236. The van der Waals surface area contributed by atoms with Crippen molar-refractivity contribution in [3.63, 3.8) is 0 Å². The van der Waals surface area contributed by atoms with E-state index in [4.69, 9.17) is 0 Å². The Bertz CT molecular complexity index is 838. The van der Waals surface area contributed by atoms with Gasteiger partial charge in [0.1, 0.15) is 0 Å². The molecule has 3 rings (SSSR count). The Balaban J connectivity index is 1.94. The third kappa shape index (κ3) is 2.64. The number of hydrogen-bond donors (Lipinski definition) is 0. The van der Waals surface area contributed by atoms with Crippen LogP contribution in [0.25, 0.3) is 16.3 Å². The van der Waals surface area contributed by atoms with Crippen molar-refractivity contribution < 1.29 is 4.79 Å². The molecule has 1 amide bonds. The van der Waals surface area contributed by atoms with E-state index in [1.54, 1.807) is 17.4 Å². The Hall–Kier alpha value is -1.98. The predicted octanol–water partition coefficient (Wildman–Crippen LogP) is 3.44. The van der Waals surface area contributed by atoms with Crippen LogP contribution in [0.5, 0.6) is 0 Å². The smallest absolute Gasteiger partial charge is 0.272 e. The molecule has 2 aromatic heterocycles. The van der Waals surface area contributed by atoms with Crippen LogP contribution in [-0.2, 0) is 11.8 Å². The molecule has 0 unspecified atom stereocenters. The Morgan fingerprint density at radius 1 is 1.25 bits per heavy atom. The van der Waals surface area contributed by atoms with Crippen LogP contribution in [0.15, 0.2) is 52.8 Å². The van der Waals surface area contributed by atoms with Gasteiger partial charge in [-0.3, -0.25) is 4.79 Å². The Morgan fingerprint density at radius 3 is 2.85 bits per heavy atom. The van der Waals surface area contributed by atoms with Crippen LogP contribution in [0.1, 0.15) is 4.88 Å². The topological polar surface area (TPSA) is 34.4 Å². The van der Waals surface area contributed by atoms with Gasteiger partial charge in [-0.05, 0) is 29.7 Å². The molecule has 2 heterocycles. The molecule has 0 radical (unpaired) electrons. The Labute approximate surface area is 124 Å². The molecule has 0 aliphatic carbocycles. The first-order chi connectivity index (χ1) is 9.74. The van der Waals surface area contributed by atoms with Gasteiger partial charge in [0.2, 0.25) is 0 Å². The zero-order chi connectivity index (χ0) is 13.9. The molecule has 0 fully saturated rings. The second kappa shape index (κ2) is 5.56. The van der Waals surface area contributed by atoms with Crippen molar-refractivity contribution in [3.8, 4) is 0 Å². The average molecular weight is 300 g/mol. The van der Waals surface area contributed by atoms with Crippen molar-refractivity contribution in [2.45, 2.75) is 0 Å². The maximum atomic E-state index is 11.9. The maximum absolute atomic E-state index is 11.9. The van der Waals surface area contributed by atoms with Crippen molar-refractivity contribution in [2.24, 2.45) is 12.0 Å². The van der Waals surface area contributed by atoms with E-state index in [1.165, 1.54) is 17.4 Å². The van der Waals surface area contributed by atoms with Crippen molar-refractivity contribution >= 4 is 44.9 Å². The number of carbonyl (C=O) groups excluding carboxylic acids is 1. The molecule has 0 aliphatic rings.